The third-order valence-electron chi connectivity index (χ3n) is 7.57. The minimum atomic E-state index is -0.958. The molecule has 210 valence electrons. The van der Waals surface area contributed by atoms with Gasteiger partial charge in [-0.3, -0.25) is 0 Å². The molecule has 10 rings (SSSR count). The average Bonchev–Trinajstić information content (AvgIpc) is 4.01. The lowest BCUT2D eigenvalue weighted by atomic mass is 10.2. The second-order valence-corrected chi connectivity index (χ2v) is 9.86. The molecule has 0 radical (unpaired) electrons. The van der Waals surface area contributed by atoms with Crippen LogP contribution in [0.15, 0.2) is 163 Å². The van der Waals surface area contributed by atoms with Gasteiger partial charge >= 0.3 is 0 Å². The molecular weight excluding hydrogens is 546 g/mol. The van der Waals surface area contributed by atoms with Gasteiger partial charge in [-0.05, 0) is 54.4 Å². The fraction of sp³-hybridized carbons (Fsp3) is 0. The van der Waals surface area contributed by atoms with Crippen LogP contribution in [-0.2, 0) is 0 Å². The van der Waals surface area contributed by atoms with Crippen molar-refractivity contribution in [3.63, 3.8) is 0 Å². The number of para-hydroxylation sites is 6. The summed E-state index contributed by atoms with van der Waals surface area (Å²) in [7, 11) is 0. The third-order valence-corrected chi connectivity index (χ3v) is 7.57. The molecule has 0 aliphatic rings. The highest BCUT2D eigenvalue weighted by Gasteiger charge is 2.19. The van der Waals surface area contributed by atoms with E-state index in [4.69, 9.17) is 24.7 Å². The summed E-state index contributed by atoms with van der Waals surface area (Å²) >= 11 is 0. The molecular formula is C42H27N3. The van der Waals surface area contributed by atoms with Gasteiger partial charge in [-0.15, -0.1) is 0 Å². The highest BCUT2D eigenvalue weighted by molar-refractivity contribution is 6.12. The Labute approximate surface area is 295 Å². The van der Waals surface area contributed by atoms with Gasteiger partial charge in [-0.1, -0.05) is 109 Å². The summed E-state index contributed by atoms with van der Waals surface area (Å²) in [6.45, 7) is 0. The van der Waals surface area contributed by atoms with E-state index in [1.165, 1.54) is 0 Å². The smallest absolute Gasteiger partial charge is 0.0667 e. The van der Waals surface area contributed by atoms with Crippen molar-refractivity contribution in [3.8, 4) is 17.1 Å². The van der Waals surface area contributed by atoms with Gasteiger partial charge in [0.2, 0.25) is 0 Å². The van der Waals surface area contributed by atoms with Crippen LogP contribution in [0.3, 0.4) is 0 Å². The first kappa shape index (κ1) is 10.3. The van der Waals surface area contributed by atoms with Gasteiger partial charge in [0, 0.05) is 32.3 Å². The lowest BCUT2D eigenvalue weighted by Crippen LogP contribution is -2.03. The molecule has 3 heteroatoms. The molecule has 3 aromatic heterocycles. The van der Waals surface area contributed by atoms with E-state index in [1.807, 2.05) is 0 Å². The lowest BCUT2D eigenvalue weighted by Gasteiger charge is -2.17. The number of hydrogen-bond acceptors (Lipinski definition) is 0. The van der Waals surface area contributed by atoms with Gasteiger partial charge in [0.05, 0.1) is 85.8 Å². The highest BCUT2D eigenvalue weighted by Crippen LogP contribution is 2.38. The molecule has 0 amide bonds. The first-order chi connectivity index (χ1) is 33.2. The molecule has 0 spiro atoms. The van der Waals surface area contributed by atoms with E-state index in [1.54, 1.807) is 0 Å². The summed E-state index contributed by atoms with van der Waals surface area (Å²) in [6.07, 6.45) is 0. The number of fused-ring (bicyclic) bond motifs is 9. The predicted octanol–water partition coefficient (Wildman–Crippen LogP) is 11.0. The molecule has 0 atom stereocenters. The molecule has 7 aromatic carbocycles. The van der Waals surface area contributed by atoms with E-state index >= 15 is 0 Å². The maximum atomic E-state index is 10.2. The third kappa shape index (κ3) is 3.41. The van der Waals surface area contributed by atoms with Gasteiger partial charge in [0.15, 0.2) is 0 Å². The molecule has 3 heterocycles. The Morgan fingerprint density at radius 3 is 0.778 bits per heavy atom. The minimum absolute atomic E-state index is 0.476. The first-order valence-corrected chi connectivity index (χ1v) is 13.3. The molecule has 10 aromatic rings. The van der Waals surface area contributed by atoms with Crippen LogP contribution in [0.2, 0.25) is 0 Å². The molecule has 0 N–H and O–H groups in total. The highest BCUT2D eigenvalue weighted by atomic mass is 15.0. The average molecular weight is 600 g/mol. The summed E-state index contributed by atoms with van der Waals surface area (Å²) in [5.41, 5.74) is -5.72. The SMILES string of the molecule is [2H]c1c(-n2c3c([2H])c([2H])c([2H])c([2H])c3c3c([2H])c([2H])c([2H])c([2H])c32)cc(-n2c3c([2H])c([2H])c([2H])c([2H])c3c3c([2H])c([2H])c([2H])c([2H])c32)c([2H])c1-n1c2c([2H])c([2H])c([2H])c([2H])c2c2c([2H])c([2H])c([2H])c([2H])c21. The summed E-state index contributed by atoms with van der Waals surface area (Å²) in [4.78, 5) is 0. The Kier molecular flexibility index (Phi) is 2.10. The van der Waals surface area contributed by atoms with Gasteiger partial charge in [0.1, 0.15) is 0 Å². The Balaban J connectivity index is 1.61. The number of rotatable bonds is 3. The summed E-state index contributed by atoms with van der Waals surface area (Å²) in [5, 5.41) is -2.93. The fourth-order valence-corrected chi connectivity index (χ4v) is 5.80. The zero-order valence-electron chi connectivity index (χ0n) is 48.4. The standard InChI is InChI=1S/C42H27N3/c1-7-19-37-31(13-1)32-14-2-8-20-38(32)43(37)28-25-29(44-39-21-9-3-15-33(39)34-16-4-10-22-40(34)44)27-30(26-28)45-41-23-11-5-17-35(41)36-18-6-12-24-42(36)45/h1-27H/i1D,2D,3D,4D,5D,6D,7D,8D,9D,10D,11D,12D,13D,14D,15D,16D,17D,18D,19D,20D,21D,22D,23D,24D,25D,26D. The molecule has 0 saturated carbocycles. The van der Waals surface area contributed by atoms with Crippen LogP contribution in [0.5, 0.6) is 0 Å². The van der Waals surface area contributed by atoms with E-state index in [-0.39, 0.29) is 0 Å². The monoisotopic (exact) mass is 599 g/mol. The number of aromatic nitrogens is 3. The Morgan fingerprint density at radius 1 is 0.289 bits per heavy atom. The Bertz CT molecular complexity index is 3820. The minimum Gasteiger partial charge on any atom is -0.309 e. The van der Waals surface area contributed by atoms with Gasteiger partial charge in [0.25, 0.3) is 0 Å². The zero-order chi connectivity index (χ0) is 52.1. The predicted molar refractivity (Wildman–Crippen MR) is 189 cm³/mol. The van der Waals surface area contributed by atoms with Crippen molar-refractivity contribution in [2.75, 3.05) is 0 Å². The van der Waals surface area contributed by atoms with Crippen LogP contribution in [0, 0.1) is 0 Å². The van der Waals surface area contributed by atoms with Crippen molar-refractivity contribution >= 4 is 65.4 Å². The molecule has 0 unspecified atom stereocenters. The molecule has 0 aliphatic carbocycles. The van der Waals surface area contributed by atoms with Crippen molar-refractivity contribution in [2.45, 2.75) is 0 Å². The quantitative estimate of drug-likeness (QED) is 0.192. The van der Waals surface area contributed by atoms with Crippen LogP contribution >= 0.6 is 0 Å². The Morgan fingerprint density at radius 2 is 0.511 bits per heavy atom. The molecule has 45 heavy (non-hydrogen) atoms. The van der Waals surface area contributed by atoms with Crippen molar-refractivity contribution in [1.29, 1.82) is 0 Å². The van der Waals surface area contributed by atoms with Gasteiger partial charge < -0.3 is 13.7 Å². The zero-order valence-corrected chi connectivity index (χ0v) is 22.4. The van der Waals surface area contributed by atoms with Crippen molar-refractivity contribution in [2.24, 2.45) is 0 Å². The normalized spacial score (nSPS) is 20.1. The van der Waals surface area contributed by atoms with Crippen LogP contribution in [0.25, 0.3) is 82.5 Å². The second kappa shape index (κ2) is 9.22. The van der Waals surface area contributed by atoms with E-state index in [0.29, 0.717) is 0 Å². The number of hydrogen-bond donors (Lipinski definition) is 0. The van der Waals surface area contributed by atoms with Crippen LogP contribution < -0.4 is 0 Å². The van der Waals surface area contributed by atoms with Crippen LogP contribution in [0.4, 0.5) is 0 Å². The fourth-order valence-electron chi connectivity index (χ4n) is 5.80. The second-order valence-electron chi connectivity index (χ2n) is 9.86. The van der Waals surface area contributed by atoms with Gasteiger partial charge in [-0.2, -0.15) is 0 Å². The van der Waals surface area contributed by atoms with Crippen molar-refractivity contribution in [3.05, 3.63) is 163 Å². The molecule has 0 bridgehead atoms. The van der Waals surface area contributed by atoms with Crippen molar-refractivity contribution in [1.82, 2.24) is 13.7 Å². The summed E-state index contributed by atoms with van der Waals surface area (Å²) < 4.78 is 236. The molecule has 0 aliphatic heterocycles. The molecule has 0 saturated heterocycles. The largest absolute Gasteiger partial charge is 0.309 e. The topological polar surface area (TPSA) is 14.8 Å². The van der Waals surface area contributed by atoms with Crippen LogP contribution in [-0.4, -0.2) is 13.7 Å². The molecule has 3 nitrogen and oxygen atoms in total. The maximum absolute atomic E-state index is 10.2. The number of nitrogens with zero attached hydrogens (tertiary/aromatic N) is 3. The Hall–Kier alpha value is -6.06. The van der Waals surface area contributed by atoms with Gasteiger partial charge in [-0.25, -0.2) is 0 Å². The first-order valence-electron chi connectivity index (χ1n) is 26.3. The summed E-state index contributed by atoms with van der Waals surface area (Å²) in [5.74, 6) is 0. The van der Waals surface area contributed by atoms with E-state index in [2.05, 4.69) is 0 Å². The summed E-state index contributed by atoms with van der Waals surface area (Å²) in [6, 6.07) is -21.3. The molecule has 0 fully saturated rings. The van der Waals surface area contributed by atoms with Crippen molar-refractivity contribution < 1.29 is 35.6 Å². The van der Waals surface area contributed by atoms with E-state index in [0.717, 1.165) is 19.8 Å². The lowest BCUT2D eigenvalue weighted by molar-refractivity contribution is 1.10. The van der Waals surface area contributed by atoms with E-state index in [9.17, 15) is 11.0 Å². The van der Waals surface area contributed by atoms with Crippen LogP contribution in [0.1, 0.15) is 35.6 Å². The van der Waals surface area contributed by atoms with E-state index < -0.39 is 240 Å². The maximum Gasteiger partial charge on any atom is 0.0667 e. The number of benzene rings is 7.